The second kappa shape index (κ2) is 32.5. The van der Waals surface area contributed by atoms with Gasteiger partial charge in [0, 0.05) is 13.1 Å². The molecule has 0 N–H and O–H groups in total. The molecule has 54 heavy (non-hydrogen) atoms. The highest BCUT2D eigenvalue weighted by Gasteiger charge is 2.12. The van der Waals surface area contributed by atoms with Crippen molar-refractivity contribution < 1.29 is 19.1 Å². The van der Waals surface area contributed by atoms with Gasteiger partial charge < -0.3 is 19.3 Å². The normalized spacial score (nSPS) is 11.4. The molecule has 2 aromatic carbocycles. The number of ether oxygens (including phenoxy) is 2. The monoisotopic (exact) mass is 749 g/mol. The van der Waals surface area contributed by atoms with Crippen molar-refractivity contribution in [3.63, 3.8) is 0 Å². The Morgan fingerprint density at radius 2 is 0.741 bits per heavy atom. The molecule has 0 heterocycles. The highest BCUT2D eigenvalue weighted by atomic mass is 16.5. The van der Waals surface area contributed by atoms with Crippen LogP contribution in [0.15, 0.2) is 48.5 Å². The number of hydrogen-bond donors (Lipinski definition) is 0. The van der Waals surface area contributed by atoms with Gasteiger partial charge in [0.15, 0.2) is 0 Å². The Balaban J connectivity index is 1.82. The number of hydrogen-bond acceptors (Lipinski definition) is 6. The SMILES string of the molecule is CCCCCCCCN(CCCCCC)CCC(=O)OCc1cccc(-c2cccc(COC(=O)CCN(CCCCCC)CCCCCCCC)c2)c1. The van der Waals surface area contributed by atoms with Gasteiger partial charge in [-0.05, 0) is 86.2 Å². The molecule has 306 valence electrons. The molecule has 0 atom stereocenters. The van der Waals surface area contributed by atoms with E-state index < -0.39 is 0 Å². The van der Waals surface area contributed by atoms with Gasteiger partial charge in [-0.15, -0.1) is 0 Å². The molecule has 6 nitrogen and oxygen atoms in total. The van der Waals surface area contributed by atoms with Crippen LogP contribution in [0.25, 0.3) is 11.1 Å². The fraction of sp³-hybridized carbons (Fsp3) is 0.708. The first-order valence-electron chi connectivity index (χ1n) is 22.4. The maximum atomic E-state index is 12.8. The highest BCUT2D eigenvalue weighted by Crippen LogP contribution is 2.23. The molecule has 0 bridgehead atoms. The number of benzene rings is 2. The zero-order valence-corrected chi connectivity index (χ0v) is 35.4. The second-order valence-electron chi connectivity index (χ2n) is 15.6. The summed E-state index contributed by atoms with van der Waals surface area (Å²) in [5, 5.41) is 0. The number of esters is 2. The van der Waals surface area contributed by atoms with Crippen molar-refractivity contribution in [2.24, 2.45) is 0 Å². The summed E-state index contributed by atoms with van der Waals surface area (Å²) >= 11 is 0. The van der Waals surface area contributed by atoms with E-state index >= 15 is 0 Å². The van der Waals surface area contributed by atoms with E-state index in [9.17, 15) is 9.59 Å². The molecule has 6 heteroatoms. The van der Waals surface area contributed by atoms with Crippen molar-refractivity contribution in [3.05, 3.63) is 59.7 Å². The van der Waals surface area contributed by atoms with Crippen LogP contribution < -0.4 is 0 Å². The smallest absolute Gasteiger partial charge is 0.307 e. The van der Waals surface area contributed by atoms with Crippen molar-refractivity contribution in [1.82, 2.24) is 9.80 Å². The van der Waals surface area contributed by atoms with Crippen molar-refractivity contribution in [3.8, 4) is 11.1 Å². The number of unbranched alkanes of at least 4 members (excludes halogenated alkanes) is 16. The van der Waals surface area contributed by atoms with Crippen molar-refractivity contribution in [2.45, 2.75) is 182 Å². The fourth-order valence-electron chi connectivity index (χ4n) is 7.08. The average Bonchev–Trinajstić information content (AvgIpc) is 3.19. The van der Waals surface area contributed by atoms with E-state index in [2.05, 4.69) is 61.8 Å². The summed E-state index contributed by atoms with van der Waals surface area (Å²) in [5.74, 6) is -0.263. The van der Waals surface area contributed by atoms with E-state index in [1.54, 1.807) is 0 Å². The highest BCUT2D eigenvalue weighted by molar-refractivity contribution is 5.70. The molecule has 0 unspecified atom stereocenters. The quantitative estimate of drug-likeness (QED) is 0.0517. The van der Waals surface area contributed by atoms with Gasteiger partial charge >= 0.3 is 11.9 Å². The van der Waals surface area contributed by atoms with Crippen LogP contribution in [0.4, 0.5) is 0 Å². The molecule has 2 aromatic rings. The summed E-state index contributed by atoms with van der Waals surface area (Å²) in [7, 11) is 0. The third-order valence-electron chi connectivity index (χ3n) is 10.6. The molecule has 0 spiro atoms. The fourth-order valence-corrected chi connectivity index (χ4v) is 7.08. The van der Waals surface area contributed by atoms with Crippen LogP contribution >= 0.6 is 0 Å². The molecular weight excluding hydrogens is 669 g/mol. The lowest BCUT2D eigenvalue weighted by atomic mass is 10.0. The maximum absolute atomic E-state index is 12.8. The lowest BCUT2D eigenvalue weighted by Gasteiger charge is -2.22. The lowest BCUT2D eigenvalue weighted by Crippen LogP contribution is -2.29. The van der Waals surface area contributed by atoms with E-state index in [4.69, 9.17) is 9.47 Å². The Morgan fingerprint density at radius 1 is 0.426 bits per heavy atom. The Hall–Kier alpha value is -2.70. The first kappa shape index (κ1) is 47.5. The molecule has 0 aromatic heterocycles. The number of rotatable bonds is 35. The molecule has 2 rings (SSSR count). The predicted molar refractivity (Wildman–Crippen MR) is 229 cm³/mol. The standard InChI is InChI=1S/C48H80N2O4/c1-5-9-13-17-19-23-35-49(33-21-15-11-7-3)37-31-47(51)53-41-43-27-25-29-45(39-43)46-30-26-28-44(40-46)42-54-48(52)32-38-50(34-22-16-12-8-4)36-24-20-18-14-10-6-2/h25-30,39-40H,5-24,31-38,41-42H2,1-4H3. The first-order valence-corrected chi connectivity index (χ1v) is 22.4. The van der Waals surface area contributed by atoms with Gasteiger partial charge in [-0.25, -0.2) is 0 Å². The third-order valence-corrected chi connectivity index (χ3v) is 10.6. The van der Waals surface area contributed by atoms with Crippen LogP contribution in [-0.2, 0) is 32.3 Å². The molecule has 0 aliphatic carbocycles. The summed E-state index contributed by atoms with van der Waals surface area (Å²) in [6.07, 6.45) is 26.3. The van der Waals surface area contributed by atoms with E-state index in [0.29, 0.717) is 12.8 Å². The minimum atomic E-state index is -0.132. The van der Waals surface area contributed by atoms with E-state index in [1.165, 1.54) is 128 Å². The summed E-state index contributed by atoms with van der Waals surface area (Å²) in [6, 6.07) is 16.4. The zero-order valence-electron chi connectivity index (χ0n) is 35.4. The Kier molecular flexibility index (Phi) is 28.6. The van der Waals surface area contributed by atoms with E-state index in [1.807, 2.05) is 24.3 Å². The summed E-state index contributed by atoms with van der Waals surface area (Å²) in [4.78, 5) is 30.6. The van der Waals surface area contributed by atoms with Gasteiger partial charge in [-0.2, -0.15) is 0 Å². The van der Waals surface area contributed by atoms with Gasteiger partial charge in [0.05, 0.1) is 12.8 Å². The Morgan fingerprint density at radius 3 is 1.09 bits per heavy atom. The maximum Gasteiger partial charge on any atom is 0.307 e. The van der Waals surface area contributed by atoms with Crippen molar-refractivity contribution in [1.29, 1.82) is 0 Å². The molecular formula is C48H80N2O4. The molecule has 0 radical (unpaired) electrons. The molecule has 0 saturated carbocycles. The van der Waals surface area contributed by atoms with Gasteiger partial charge in [0.2, 0.25) is 0 Å². The van der Waals surface area contributed by atoms with Crippen LogP contribution in [0.5, 0.6) is 0 Å². The average molecular weight is 749 g/mol. The molecule has 0 fully saturated rings. The second-order valence-corrected chi connectivity index (χ2v) is 15.6. The van der Waals surface area contributed by atoms with Gasteiger partial charge in [0.1, 0.15) is 13.2 Å². The Bertz CT molecular complexity index is 1120. The Labute approximate surface area is 332 Å². The lowest BCUT2D eigenvalue weighted by molar-refractivity contribution is -0.146. The van der Waals surface area contributed by atoms with E-state index in [0.717, 1.165) is 61.5 Å². The molecule has 0 aliphatic heterocycles. The third kappa shape index (κ3) is 23.9. The summed E-state index contributed by atoms with van der Waals surface area (Å²) in [6.45, 7) is 15.4. The van der Waals surface area contributed by atoms with Crippen LogP contribution in [0, 0.1) is 0 Å². The zero-order chi connectivity index (χ0) is 38.9. The van der Waals surface area contributed by atoms with Crippen LogP contribution in [0.2, 0.25) is 0 Å². The predicted octanol–water partition coefficient (Wildman–Crippen LogP) is 12.7. The largest absolute Gasteiger partial charge is 0.461 e. The van der Waals surface area contributed by atoms with Gasteiger partial charge in [0.25, 0.3) is 0 Å². The van der Waals surface area contributed by atoms with Gasteiger partial charge in [-0.3, -0.25) is 9.59 Å². The first-order chi connectivity index (χ1) is 26.5. The van der Waals surface area contributed by atoms with Crippen molar-refractivity contribution >= 4 is 11.9 Å². The molecule has 0 saturated heterocycles. The van der Waals surface area contributed by atoms with E-state index in [-0.39, 0.29) is 25.2 Å². The minimum Gasteiger partial charge on any atom is -0.461 e. The summed E-state index contributed by atoms with van der Waals surface area (Å²) in [5.41, 5.74) is 4.06. The topological polar surface area (TPSA) is 59.1 Å². The minimum absolute atomic E-state index is 0.132. The number of nitrogens with zero attached hydrogens (tertiary/aromatic N) is 2. The molecule has 0 aliphatic rings. The van der Waals surface area contributed by atoms with Crippen LogP contribution in [0.1, 0.15) is 180 Å². The van der Waals surface area contributed by atoms with Crippen LogP contribution in [-0.4, -0.2) is 61.0 Å². The van der Waals surface area contributed by atoms with Gasteiger partial charge in [-0.1, -0.05) is 167 Å². The summed E-state index contributed by atoms with van der Waals surface area (Å²) < 4.78 is 11.5. The number of carbonyl (C=O) groups excluding carboxylic acids is 2. The molecule has 0 amide bonds. The van der Waals surface area contributed by atoms with Crippen LogP contribution in [0.3, 0.4) is 0 Å². The number of carbonyl (C=O) groups is 2. The van der Waals surface area contributed by atoms with Crippen molar-refractivity contribution in [2.75, 3.05) is 39.3 Å².